The van der Waals surface area contributed by atoms with Gasteiger partial charge in [-0.05, 0) is 19.3 Å². The van der Waals surface area contributed by atoms with E-state index >= 15 is 0 Å². The van der Waals surface area contributed by atoms with Gasteiger partial charge in [0.05, 0.1) is 11.6 Å². The number of aromatic amines is 1. The van der Waals surface area contributed by atoms with Crippen molar-refractivity contribution in [3.05, 3.63) is 17.0 Å². The number of alkyl halides is 1. The van der Waals surface area contributed by atoms with E-state index in [9.17, 15) is 0 Å². The van der Waals surface area contributed by atoms with Gasteiger partial charge in [0.25, 0.3) is 0 Å². The zero-order valence-electron chi connectivity index (χ0n) is 7.82. The van der Waals surface area contributed by atoms with Crippen molar-refractivity contribution in [2.75, 3.05) is 0 Å². The van der Waals surface area contributed by atoms with Crippen LogP contribution < -0.4 is 0 Å². The van der Waals surface area contributed by atoms with Crippen LogP contribution >= 0.6 is 11.6 Å². The van der Waals surface area contributed by atoms with Gasteiger partial charge < -0.3 is 0 Å². The Morgan fingerprint density at radius 2 is 2.17 bits per heavy atom. The molecule has 12 heavy (non-hydrogen) atoms. The third kappa shape index (κ3) is 2.01. The van der Waals surface area contributed by atoms with E-state index in [1.54, 1.807) is 0 Å². The minimum atomic E-state index is 0.560. The van der Waals surface area contributed by atoms with E-state index in [0.29, 0.717) is 11.8 Å². The molecule has 0 fully saturated rings. The van der Waals surface area contributed by atoms with Crippen LogP contribution in [0.1, 0.15) is 30.8 Å². The highest BCUT2D eigenvalue weighted by Crippen LogP contribution is 2.16. The monoisotopic (exact) mass is 186 g/mol. The van der Waals surface area contributed by atoms with Crippen LogP contribution in [0.2, 0.25) is 0 Å². The standard InChI is InChI=1S/C9H15ClN2/c1-6(2)4-9-8(5-10)7(3)11-12-9/h6H,4-5H2,1-3H3,(H,11,12). The van der Waals surface area contributed by atoms with Crippen LogP contribution in [-0.2, 0) is 12.3 Å². The first-order chi connectivity index (χ1) is 5.65. The highest BCUT2D eigenvalue weighted by Gasteiger charge is 2.09. The molecule has 1 aromatic rings. The number of halogens is 1. The maximum absolute atomic E-state index is 5.80. The molecule has 1 heterocycles. The number of aromatic nitrogens is 2. The summed E-state index contributed by atoms with van der Waals surface area (Å²) in [5, 5.41) is 7.18. The molecule has 0 bridgehead atoms. The molecule has 0 saturated carbocycles. The first kappa shape index (κ1) is 9.59. The van der Waals surface area contributed by atoms with Crippen molar-refractivity contribution >= 4 is 11.6 Å². The van der Waals surface area contributed by atoms with Crippen LogP contribution in [-0.4, -0.2) is 10.2 Å². The Labute approximate surface area is 78.3 Å². The number of H-pyrrole nitrogens is 1. The first-order valence-corrected chi connectivity index (χ1v) is 4.77. The van der Waals surface area contributed by atoms with Crippen molar-refractivity contribution in [2.45, 2.75) is 33.1 Å². The molecule has 0 atom stereocenters. The third-order valence-electron chi connectivity index (χ3n) is 1.89. The van der Waals surface area contributed by atoms with Crippen LogP contribution in [0.5, 0.6) is 0 Å². The van der Waals surface area contributed by atoms with E-state index in [-0.39, 0.29) is 0 Å². The maximum atomic E-state index is 5.80. The van der Waals surface area contributed by atoms with E-state index in [1.807, 2.05) is 6.92 Å². The topological polar surface area (TPSA) is 28.7 Å². The predicted octanol–water partition coefficient (Wildman–Crippen LogP) is 2.66. The van der Waals surface area contributed by atoms with E-state index in [2.05, 4.69) is 24.0 Å². The molecule has 0 radical (unpaired) electrons. The Morgan fingerprint density at radius 1 is 1.50 bits per heavy atom. The molecular formula is C9H15ClN2. The molecule has 0 unspecified atom stereocenters. The Kier molecular flexibility index (Phi) is 3.15. The van der Waals surface area contributed by atoms with Crippen molar-refractivity contribution in [3.63, 3.8) is 0 Å². The molecule has 3 heteroatoms. The average molecular weight is 187 g/mol. The summed E-state index contributed by atoms with van der Waals surface area (Å²) in [5.74, 6) is 1.19. The second kappa shape index (κ2) is 3.94. The zero-order valence-corrected chi connectivity index (χ0v) is 8.57. The van der Waals surface area contributed by atoms with Gasteiger partial charge in [-0.2, -0.15) is 5.10 Å². The lowest BCUT2D eigenvalue weighted by atomic mass is 10.0. The molecule has 0 amide bonds. The highest BCUT2D eigenvalue weighted by atomic mass is 35.5. The Hall–Kier alpha value is -0.500. The van der Waals surface area contributed by atoms with Gasteiger partial charge >= 0.3 is 0 Å². The molecule has 0 aliphatic carbocycles. The van der Waals surface area contributed by atoms with E-state index in [4.69, 9.17) is 11.6 Å². The molecule has 0 saturated heterocycles. The Balaban J connectivity index is 2.84. The zero-order chi connectivity index (χ0) is 9.14. The van der Waals surface area contributed by atoms with Gasteiger partial charge in [0.1, 0.15) is 0 Å². The fourth-order valence-electron chi connectivity index (χ4n) is 1.24. The number of nitrogens with zero attached hydrogens (tertiary/aromatic N) is 1. The summed E-state index contributed by atoms with van der Waals surface area (Å²) in [6.45, 7) is 6.37. The Morgan fingerprint density at radius 3 is 2.67 bits per heavy atom. The molecule has 1 aromatic heterocycles. The van der Waals surface area contributed by atoms with Gasteiger partial charge in [0, 0.05) is 11.3 Å². The molecular weight excluding hydrogens is 172 g/mol. The maximum Gasteiger partial charge on any atom is 0.0671 e. The second-order valence-corrected chi connectivity index (χ2v) is 3.77. The van der Waals surface area contributed by atoms with Gasteiger partial charge in [-0.25, -0.2) is 0 Å². The van der Waals surface area contributed by atoms with Gasteiger partial charge in [0.15, 0.2) is 0 Å². The fraction of sp³-hybridized carbons (Fsp3) is 0.667. The molecule has 1 N–H and O–H groups in total. The number of rotatable bonds is 3. The SMILES string of the molecule is Cc1[nH]nc(CC(C)C)c1CCl. The molecule has 0 aromatic carbocycles. The minimum absolute atomic E-state index is 0.560. The predicted molar refractivity (Wildman–Crippen MR) is 51.4 cm³/mol. The normalized spacial score (nSPS) is 11.1. The lowest BCUT2D eigenvalue weighted by Gasteiger charge is -2.02. The van der Waals surface area contributed by atoms with Crippen LogP contribution in [0.4, 0.5) is 0 Å². The summed E-state index contributed by atoms with van der Waals surface area (Å²) in [6, 6.07) is 0. The van der Waals surface area contributed by atoms with Crippen LogP contribution in [0.15, 0.2) is 0 Å². The quantitative estimate of drug-likeness (QED) is 0.723. The van der Waals surface area contributed by atoms with Gasteiger partial charge in [-0.1, -0.05) is 13.8 Å². The lowest BCUT2D eigenvalue weighted by molar-refractivity contribution is 0.631. The van der Waals surface area contributed by atoms with E-state index in [0.717, 1.165) is 17.8 Å². The first-order valence-electron chi connectivity index (χ1n) is 4.23. The molecule has 0 aliphatic rings. The molecule has 0 aliphatic heterocycles. The lowest BCUT2D eigenvalue weighted by Crippen LogP contribution is -1.97. The van der Waals surface area contributed by atoms with Crippen molar-refractivity contribution in [2.24, 2.45) is 5.92 Å². The minimum Gasteiger partial charge on any atom is -0.282 e. The summed E-state index contributed by atoms with van der Waals surface area (Å²) in [4.78, 5) is 0. The summed E-state index contributed by atoms with van der Waals surface area (Å²) < 4.78 is 0. The largest absolute Gasteiger partial charge is 0.282 e. The van der Waals surface area contributed by atoms with Gasteiger partial charge in [0.2, 0.25) is 0 Å². The summed E-state index contributed by atoms with van der Waals surface area (Å²) in [7, 11) is 0. The summed E-state index contributed by atoms with van der Waals surface area (Å²) in [6.07, 6.45) is 1.01. The number of aryl methyl sites for hydroxylation is 1. The summed E-state index contributed by atoms with van der Waals surface area (Å²) in [5.41, 5.74) is 3.39. The van der Waals surface area contributed by atoms with Crippen molar-refractivity contribution < 1.29 is 0 Å². The van der Waals surface area contributed by atoms with Crippen LogP contribution in [0.3, 0.4) is 0 Å². The van der Waals surface area contributed by atoms with Crippen molar-refractivity contribution in [1.82, 2.24) is 10.2 Å². The van der Waals surface area contributed by atoms with E-state index in [1.165, 1.54) is 5.56 Å². The van der Waals surface area contributed by atoms with Crippen LogP contribution in [0, 0.1) is 12.8 Å². The van der Waals surface area contributed by atoms with E-state index < -0.39 is 0 Å². The third-order valence-corrected chi connectivity index (χ3v) is 2.16. The molecule has 0 spiro atoms. The Bertz CT molecular complexity index is 253. The molecule has 68 valence electrons. The molecule has 1 rings (SSSR count). The number of hydrogen-bond donors (Lipinski definition) is 1. The van der Waals surface area contributed by atoms with Gasteiger partial charge in [-0.3, -0.25) is 5.10 Å². The summed E-state index contributed by atoms with van der Waals surface area (Å²) >= 11 is 5.80. The van der Waals surface area contributed by atoms with Crippen molar-refractivity contribution in [1.29, 1.82) is 0 Å². The molecule has 2 nitrogen and oxygen atoms in total. The highest BCUT2D eigenvalue weighted by molar-refractivity contribution is 6.17. The smallest absolute Gasteiger partial charge is 0.0671 e. The van der Waals surface area contributed by atoms with Crippen LogP contribution in [0.25, 0.3) is 0 Å². The number of hydrogen-bond acceptors (Lipinski definition) is 1. The van der Waals surface area contributed by atoms with Crippen molar-refractivity contribution in [3.8, 4) is 0 Å². The fourth-order valence-corrected chi connectivity index (χ4v) is 1.59. The van der Waals surface area contributed by atoms with Gasteiger partial charge in [-0.15, -0.1) is 11.6 Å². The average Bonchev–Trinajstić information content (AvgIpc) is 2.30. The number of nitrogens with one attached hydrogen (secondary N) is 1. The second-order valence-electron chi connectivity index (χ2n) is 3.51.